The van der Waals surface area contributed by atoms with Crippen LogP contribution < -0.4 is 0 Å². The maximum Gasteiger partial charge on any atom is 0.262 e. The van der Waals surface area contributed by atoms with E-state index in [9.17, 15) is 14.4 Å². The minimum atomic E-state index is -0.844. The second kappa shape index (κ2) is 9.77. The molecule has 1 aromatic carbocycles. The molecule has 0 saturated carbocycles. The Morgan fingerprint density at radius 1 is 0.893 bits per heavy atom. The van der Waals surface area contributed by atoms with Crippen molar-refractivity contribution < 1.29 is 28.6 Å². The molecule has 1 aromatic rings. The van der Waals surface area contributed by atoms with Gasteiger partial charge in [0.05, 0.1) is 50.8 Å². The number of imide groups is 1. The van der Waals surface area contributed by atoms with Gasteiger partial charge in [-0.05, 0) is 18.6 Å². The lowest BCUT2D eigenvalue weighted by Crippen LogP contribution is -2.52. The van der Waals surface area contributed by atoms with E-state index in [1.165, 1.54) is 0 Å². The third-order valence-corrected chi connectivity index (χ3v) is 4.88. The summed E-state index contributed by atoms with van der Waals surface area (Å²) in [5, 5.41) is 0. The highest BCUT2D eigenvalue weighted by atomic mass is 16.5. The van der Waals surface area contributed by atoms with Gasteiger partial charge in [-0.3, -0.25) is 19.3 Å². The topological polar surface area (TPSA) is 85.4 Å². The van der Waals surface area contributed by atoms with Crippen molar-refractivity contribution in [3.63, 3.8) is 0 Å². The largest absolute Gasteiger partial charge is 0.377 e. The predicted molar refractivity (Wildman–Crippen MR) is 100 cm³/mol. The summed E-state index contributed by atoms with van der Waals surface area (Å²) in [6.07, 6.45) is 0.344. The molecule has 0 spiro atoms. The molecule has 3 rings (SSSR count). The maximum atomic E-state index is 13.2. The van der Waals surface area contributed by atoms with Crippen molar-refractivity contribution in [3.05, 3.63) is 35.4 Å². The van der Waals surface area contributed by atoms with Gasteiger partial charge in [-0.15, -0.1) is 0 Å². The van der Waals surface area contributed by atoms with Crippen molar-refractivity contribution >= 4 is 17.7 Å². The zero-order valence-corrected chi connectivity index (χ0v) is 16.1. The third-order valence-electron chi connectivity index (χ3n) is 4.88. The van der Waals surface area contributed by atoms with Gasteiger partial charge in [0.2, 0.25) is 5.91 Å². The number of nitrogens with zero attached hydrogens (tertiary/aromatic N) is 2. The second-order valence-corrected chi connectivity index (χ2v) is 6.61. The quantitative estimate of drug-likeness (QED) is 0.715. The highest BCUT2D eigenvalue weighted by Crippen LogP contribution is 2.26. The number of amides is 3. The molecule has 1 unspecified atom stereocenters. The van der Waals surface area contributed by atoms with Crippen LogP contribution in [0.3, 0.4) is 0 Å². The first-order valence-corrected chi connectivity index (χ1v) is 9.64. The molecule has 2 aliphatic heterocycles. The summed E-state index contributed by atoms with van der Waals surface area (Å²) in [4.78, 5) is 41.5. The van der Waals surface area contributed by atoms with Gasteiger partial charge in [-0.25, -0.2) is 0 Å². The normalized spacial score (nSPS) is 20.3. The van der Waals surface area contributed by atoms with Crippen LogP contribution >= 0.6 is 0 Å². The molecule has 2 aliphatic rings. The van der Waals surface area contributed by atoms with Crippen LogP contribution in [0, 0.1) is 0 Å². The molecular weight excluding hydrogens is 364 g/mol. The number of benzene rings is 1. The number of hydrogen-bond acceptors (Lipinski definition) is 6. The summed E-state index contributed by atoms with van der Waals surface area (Å²) in [6, 6.07) is 5.82. The number of carbonyl (C=O) groups is 3. The highest BCUT2D eigenvalue weighted by molar-refractivity contribution is 6.22. The van der Waals surface area contributed by atoms with Gasteiger partial charge in [-0.2, -0.15) is 0 Å². The van der Waals surface area contributed by atoms with Crippen molar-refractivity contribution in [1.82, 2.24) is 9.80 Å². The van der Waals surface area contributed by atoms with Crippen molar-refractivity contribution in [2.75, 3.05) is 52.7 Å². The average Bonchev–Trinajstić information content (AvgIpc) is 2.94. The molecule has 28 heavy (non-hydrogen) atoms. The summed E-state index contributed by atoms with van der Waals surface area (Å²) in [5.74, 6) is -1.10. The van der Waals surface area contributed by atoms with Crippen molar-refractivity contribution in [2.24, 2.45) is 0 Å². The first-order valence-electron chi connectivity index (χ1n) is 9.64. The molecule has 0 aliphatic carbocycles. The van der Waals surface area contributed by atoms with Crippen LogP contribution in [0.25, 0.3) is 0 Å². The molecular formula is C20H26N2O6. The molecule has 152 valence electrons. The number of rotatable bonds is 3. The molecule has 1 atom stereocenters. The Kier molecular flexibility index (Phi) is 7.13. The number of hydrogen-bond donors (Lipinski definition) is 0. The zero-order chi connectivity index (χ0) is 19.9. The summed E-state index contributed by atoms with van der Waals surface area (Å²) < 4.78 is 16.4. The minimum Gasteiger partial charge on any atom is -0.377 e. The fourth-order valence-electron chi connectivity index (χ4n) is 3.39. The molecule has 0 aromatic heterocycles. The van der Waals surface area contributed by atoms with Gasteiger partial charge in [0.15, 0.2) is 0 Å². The number of ether oxygens (including phenoxy) is 3. The van der Waals surface area contributed by atoms with E-state index in [-0.39, 0.29) is 5.91 Å². The lowest BCUT2D eigenvalue weighted by molar-refractivity contribution is -0.137. The van der Waals surface area contributed by atoms with Gasteiger partial charge < -0.3 is 19.1 Å². The van der Waals surface area contributed by atoms with Gasteiger partial charge in [0.1, 0.15) is 6.04 Å². The fraction of sp³-hybridized carbons (Fsp3) is 0.550. The van der Waals surface area contributed by atoms with Crippen molar-refractivity contribution in [3.8, 4) is 0 Å². The predicted octanol–water partition coefficient (Wildman–Crippen LogP) is 0.953. The van der Waals surface area contributed by atoms with E-state index in [4.69, 9.17) is 14.2 Å². The fourth-order valence-corrected chi connectivity index (χ4v) is 3.39. The van der Waals surface area contributed by atoms with Gasteiger partial charge in [-0.1, -0.05) is 19.1 Å². The van der Waals surface area contributed by atoms with Crippen LogP contribution in [0.5, 0.6) is 0 Å². The van der Waals surface area contributed by atoms with Gasteiger partial charge in [0.25, 0.3) is 11.8 Å². The summed E-state index contributed by atoms with van der Waals surface area (Å²) in [6.45, 7) is 5.07. The molecule has 0 bridgehead atoms. The van der Waals surface area contributed by atoms with E-state index in [0.717, 1.165) is 4.90 Å². The van der Waals surface area contributed by atoms with E-state index in [0.29, 0.717) is 70.3 Å². The Bertz CT molecular complexity index is 675. The summed E-state index contributed by atoms with van der Waals surface area (Å²) in [7, 11) is 0. The maximum absolute atomic E-state index is 13.2. The SMILES string of the molecule is CCC(C(=O)N1CCOCCOCCOCC1)N1C(=O)c2ccccc2C1=O. The Morgan fingerprint density at radius 2 is 1.36 bits per heavy atom. The molecule has 0 N–H and O–H groups in total. The van der Waals surface area contributed by atoms with Crippen molar-refractivity contribution in [1.29, 1.82) is 0 Å². The molecule has 3 amide bonds. The number of carbonyl (C=O) groups excluding carboxylic acids is 3. The van der Waals surface area contributed by atoms with Gasteiger partial charge in [0, 0.05) is 13.1 Å². The molecule has 8 heteroatoms. The smallest absolute Gasteiger partial charge is 0.262 e. The second-order valence-electron chi connectivity index (χ2n) is 6.61. The summed E-state index contributed by atoms with van der Waals surface area (Å²) >= 11 is 0. The molecule has 0 radical (unpaired) electrons. The Balaban J connectivity index is 1.74. The van der Waals surface area contributed by atoms with Crippen LogP contribution in [0.4, 0.5) is 0 Å². The summed E-state index contributed by atoms with van der Waals surface area (Å²) in [5.41, 5.74) is 0.693. The van der Waals surface area contributed by atoms with E-state index in [1.54, 1.807) is 36.1 Å². The van der Waals surface area contributed by atoms with Crippen LogP contribution in [0.1, 0.15) is 34.1 Å². The van der Waals surface area contributed by atoms with Crippen molar-refractivity contribution in [2.45, 2.75) is 19.4 Å². The van der Waals surface area contributed by atoms with Crippen LogP contribution in [-0.2, 0) is 19.0 Å². The third kappa shape index (κ3) is 4.40. The molecule has 1 fully saturated rings. The molecule has 8 nitrogen and oxygen atoms in total. The average molecular weight is 390 g/mol. The zero-order valence-electron chi connectivity index (χ0n) is 16.1. The Morgan fingerprint density at radius 3 is 1.82 bits per heavy atom. The van der Waals surface area contributed by atoms with Gasteiger partial charge >= 0.3 is 0 Å². The first-order chi connectivity index (χ1) is 13.6. The standard InChI is InChI=1S/C20H26N2O6/c1-2-17(22-18(23)15-5-3-4-6-16(15)19(22)24)20(25)21-7-9-26-11-13-28-14-12-27-10-8-21/h3-6,17H,2,7-14H2,1H3. The van der Waals surface area contributed by atoms with Crippen LogP contribution in [-0.4, -0.2) is 86.3 Å². The van der Waals surface area contributed by atoms with Crippen LogP contribution in [0.2, 0.25) is 0 Å². The lowest BCUT2D eigenvalue weighted by Gasteiger charge is -2.31. The van der Waals surface area contributed by atoms with E-state index in [1.807, 2.05) is 0 Å². The minimum absolute atomic E-state index is 0.266. The highest BCUT2D eigenvalue weighted by Gasteiger charge is 2.42. The van der Waals surface area contributed by atoms with E-state index < -0.39 is 17.9 Å². The Labute approximate surface area is 164 Å². The Hall–Kier alpha value is -2.29. The van der Waals surface area contributed by atoms with E-state index >= 15 is 0 Å². The lowest BCUT2D eigenvalue weighted by atomic mass is 10.1. The number of fused-ring (bicyclic) bond motifs is 1. The molecule has 1 saturated heterocycles. The first kappa shape index (κ1) is 20.4. The monoisotopic (exact) mass is 390 g/mol. The molecule has 2 heterocycles. The van der Waals surface area contributed by atoms with Crippen LogP contribution in [0.15, 0.2) is 24.3 Å². The van der Waals surface area contributed by atoms with E-state index in [2.05, 4.69) is 0 Å².